The van der Waals surface area contributed by atoms with Gasteiger partial charge in [-0.3, -0.25) is 4.79 Å². The molecule has 8 heteroatoms. The summed E-state index contributed by atoms with van der Waals surface area (Å²) < 4.78 is 38.8. The monoisotopic (exact) mass is 367 g/mol. The molecule has 116 valence electrons. The molecule has 0 heterocycles. The number of anilines is 1. The summed E-state index contributed by atoms with van der Waals surface area (Å²) in [6.45, 7) is 0. The lowest BCUT2D eigenvalue weighted by molar-refractivity contribution is -0.136. The van der Waals surface area contributed by atoms with Gasteiger partial charge in [-0.2, -0.15) is 13.2 Å². The van der Waals surface area contributed by atoms with Crippen LogP contribution in [0.4, 0.5) is 18.9 Å². The number of hydrogen-bond acceptors (Lipinski definition) is 1. The zero-order chi connectivity index (χ0) is 16.5. The summed E-state index contributed by atoms with van der Waals surface area (Å²) in [5.74, 6) is -0.744. The van der Waals surface area contributed by atoms with Crippen LogP contribution in [0.15, 0.2) is 36.4 Å². The molecule has 0 radical (unpaired) electrons. The third-order valence-corrected chi connectivity index (χ3v) is 3.69. The number of hydrogen-bond donors (Lipinski definition) is 1. The quantitative estimate of drug-likeness (QED) is 0.700. The maximum absolute atomic E-state index is 12.9. The fraction of sp³-hybridized carbons (Fsp3) is 0.0714. The number of benzene rings is 2. The molecular weight excluding hydrogens is 362 g/mol. The molecule has 0 fully saturated rings. The minimum absolute atomic E-state index is 0.0810. The lowest BCUT2D eigenvalue weighted by Gasteiger charge is -2.14. The second-order valence-electron chi connectivity index (χ2n) is 4.27. The molecule has 1 N–H and O–H groups in total. The minimum Gasteiger partial charge on any atom is -0.321 e. The zero-order valence-corrected chi connectivity index (χ0v) is 12.9. The lowest BCUT2D eigenvalue weighted by atomic mass is 10.1. The summed E-state index contributed by atoms with van der Waals surface area (Å²) in [4.78, 5) is 12.0. The Morgan fingerprint density at radius 1 is 0.955 bits per heavy atom. The van der Waals surface area contributed by atoms with Gasteiger partial charge in [0.2, 0.25) is 0 Å². The van der Waals surface area contributed by atoms with Crippen molar-refractivity contribution in [1.82, 2.24) is 0 Å². The Bertz CT molecular complexity index is 732. The van der Waals surface area contributed by atoms with Gasteiger partial charge in [0.15, 0.2) is 0 Å². The highest BCUT2D eigenvalue weighted by molar-refractivity contribution is 6.42. The molecule has 0 spiro atoms. The molecule has 22 heavy (non-hydrogen) atoms. The predicted molar refractivity (Wildman–Crippen MR) is 80.9 cm³/mol. The van der Waals surface area contributed by atoms with Gasteiger partial charge < -0.3 is 5.32 Å². The van der Waals surface area contributed by atoms with Crippen LogP contribution in [0.2, 0.25) is 15.1 Å². The molecule has 2 aromatic rings. The lowest BCUT2D eigenvalue weighted by Crippen LogP contribution is -2.16. The molecule has 2 rings (SSSR count). The van der Waals surface area contributed by atoms with E-state index in [9.17, 15) is 18.0 Å². The molecule has 0 aliphatic heterocycles. The van der Waals surface area contributed by atoms with Crippen LogP contribution >= 0.6 is 34.8 Å². The van der Waals surface area contributed by atoms with Crippen LogP contribution in [0.5, 0.6) is 0 Å². The van der Waals surface area contributed by atoms with Crippen molar-refractivity contribution in [3.8, 4) is 0 Å². The van der Waals surface area contributed by atoms with E-state index in [1.54, 1.807) is 0 Å². The molecule has 0 aromatic heterocycles. The van der Waals surface area contributed by atoms with Crippen LogP contribution < -0.4 is 5.32 Å². The average molecular weight is 369 g/mol. The van der Waals surface area contributed by atoms with Gasteiger partial charge in [0.25, 0.3) is 5.91 Å². The first kappa shape index (κ1) is 16.9. The number of amides is 1. The Balaban J connectivity index is 2.34. The Morgan fingerprint density at radius 2 is 1.64 bits per heavy atom. The number of carbonyl (C=O) groups excluding carboxylic acids is 1. The highest BCUT2D eigenvalue weighted by atomic mass is 35.5. The van der Waals surface area contributed by atoms with E-state index >= 15 is 0 Å². The standard InChI is InChI=1S/C14H7Cl3F3NO/c15-8-2-4-12(9(6-8)14(18,19)20)21-13(22)7-1-3-10(16)11(17)5-7/h1-6H,(H,21,22). The first-order valence-corrected chi connectivity index (χ1v) is 6.95. The molecule has 0 aliphatic carbocycles. The highest BCUT2D eigenvalue weighted by Crippen LogP contribution is 2.36. The molecule has 2 aromatic carbocycles. The summed E-state index contributed by atoms with van der Waals surface area (Å²) in [5, 5.41) is 2.47. The third kappa shape index (κ3) is 3.85. The van der Waals surface area contributed by atoms with Gasteiger partial charge in [-0.25, -0.2) is 0 Å². The molecule has 0 saturated carbocycles. The van der Waals surface area contributed by atoms with E-state index in [2.05, 4.69) is 5.32 Å². The summed E-state index contributed by atoms with van der Waals surface area (Å²) in [7, 11) is 0. The number of rotatable bonds is 2. The van der Waals surface area contributed by atoms with Crippen molar-refractivity contribution in [2.24, 2.45) is 0 Å². The molecule has 0 saturated heterocycles. The Kier molecular flexibility index (Phi) is 4.90. The number of halogens is 6. The number of carbonyl (C=O) groups is 1. The van der Waals surface area contributed by atoms with E-state index in [-0.39, 0.29) is 20.6 Å². The highest BCUT2D eigenvalue weighted by Gasteiger charge is 2.34. The molecule has 0 atom stereocenters. The van der Waals surface area contributed by atoms with Crippen molar-refractivity contribution in [3.05, 3.63) is 62.6 Å². The third-order valence-electron chi connectivity index (χ3n) is 2.72. The maximum atomic E-state index is 12.9. The van der Waals surface area contributed by atoms with Gasteiger partial charge in [-0.05, 0) is 36.4 Å². The van der Waals surface area contributed by atoms with E-state index in [1.807, 2.05) is 0 Å². The van der Waals surface area contributed by atoms with Gasteiger partial charge in [-0.15, -0.1) is 0 Å². The first-order valence-electron chi connectivity index (χ1n) is 5.81. The van der Waals surface area contributed by atoms with E-state index in [1.165, 1.54) is 24.3 Å². The topological polar surface area (TPSA) is 29.1 Å². The molecule has 1 amide bonds. The second kappa shape index (κ2) is 6.36. The average Bonchev–Trinajstić information content (AvgIpc) is 2.42. The number of alkyl halides is 3. The Hall–Kier alpha value is -1.43. The molecule has 0 bridgehead atoms. The summed E-state index contributed by atoms with van der Waals surface area (Å²) in [5.41, 5.74) is -1.35. The summed E-state index contributed by atoms with van der Waals surface area (Å²) >= 11 is 17.1. The van der Waals surface area contributed by atoms with Gasteiger partial charge >= 0.3 is 6.18 Å². The molecule has 0 aliphatic rings. The number of nitrogens with one attached hydrogen (secondary N) is 1. The van der Waals surface area contributed by atoms with Crippen molar-refractivity contribution in [1.29, 1.82) is 0 Å². The van der Waals surface area contributed by atoms with Crippen LogP contribution in [0, 0.1) is 0 Å². The van der Waals surface area contributed by atoms with Crippen LogP contribution in [-0.4, -0.2) is 5.91 Å². The van der Waals surface area contributed by atoms with Crippen molar-refractivity contribution < 1.29 is 18.0 Å². The van der Waals surface area contributed by atoms with E-state index in [4.69, 9.17) is 34.8 Å². The van der Waals surface area contributed by atoms with Gasteiger partial charge in [-0.1, -0.05) is 34.8 Å². The van der Waals surface area contributed by atoms with Crippen LogP contribution in [0.25, 0.3) is 0 Å². The van der Waals surface area contributed by atoms with E-state index < -0.39 is 23.3 Å². The first-order chi connectivity index (χ1) is 10.2. The molecule has 0 unspecified atom stereocenters. The van der Waals surface area contributed by atoms with E-state index in [0.29, 0.717) is 0 Å². The minimum atomic E-state index is -4.65. The van der Waals surface area contributed by atoms with Crippen molar-refractivity contribution in [2.45, 2.75) is 6.18 Å². The molecule has 2 nitrogen and oxygen atoms in total. The maximum Gasteiger partial charge on any atom is 0.418 e. The van der Waals surface area contributed by atoms with Gasteiger partial charge in [0.1, 0.15) is 0 Å². The van der Waals surface area contributed by atoms with Crippen LogP contribution in [-0.2, 0) is 6.18 Å². The SMILES string of the molecule is O=C(Nc1ccc(Cl)cc1C(F)(F)F)c1ccc(Cl)c(Cl)c1. The van der Waals surface area contributed by atoms with Crippen molar-refractivity contribution >= 4 is 46.4 Å². The fourth-order valence-electron chi connectivity index (χ4n) is 1.69. The van der Waals surface area contributed by atoms with Gasteiger partial charge in [0, 0.05) is 10.6 Å². The fourth-order valence-corrected chi connectivity index (χ4v) is 2.16. The smallest absolute Gasteiger partial charge is 0.321 e. The Labute approximate surface area is 138 Å². The van der Waals surface area contributed by atoms with Crippen molar-refractivity contribution in [2.75, 3.05) is 5.32 Å². The van der Waals surface area contributed by atoms with Gasteiger partial charge in [0.05, 0.1) is 21.3 Å². The predicted octanol–water partition coefficient (Wildman–Crippen LogP) is 5.92. The van der Waals surface area contributed by atoms with Crippen LogP contribution in [0.3, 0.4) is 0 Å². The summed E-state index contributed by atoms with van der Waals surface area (Å²) in [6.07, 6.45) is -4.65. The largest absolute Gasteiger partial charge is 0.418 e. The second-order valence-corrected chi connectivity index (χ2v) is 5.52. The normalized spacial score (nSPS) is 11.4. The summed E-state index contributed by atoms with van der Waals surface area (Å²) in [6, 6.07) is 7.08. The van der Waals surface area contributed by atoms with Crippen molar-refractivity contribution in [3.63, 3.8) is 0 Å². The molecular formula is C14H7Cl3F3NO. The van der Waals surface area contributed by atoms with E-state index in [0.717, 1.165) is 12.1 Å². The Morgan fingerprint density at radius 3 is 2.23 bits per heavy atom. The zero-order valence-electron chi connectivity index (χ0n) is 10.6. The van der Waals surface area contributed by atoms with Crippen LogP contribution in [0.1, 0.15) is 15.9 Å².